The van der Waals surface area contributed by atoms with Crippen molar-refractivity contribution >= 4 is 24.3 Å². The Hall–Kier alpha value is -1.67. The number of carbonyl (C=O) groups excluding carboxylic acids is 1. The summed E-state index contributed by atoms with van der Waals surface area (Å²) in [5.74, 6) is 0. The molecule has 0 saturated heterocycles. The molecule has 78 valence electrons. The van der Waals surface area contributed by atoms with Crippen LogP contribution >= 0.6 is 12.6 Å². The lowest BCUT2D eigenvalue weighted by molar-refractivity contribution is 0.252. The minimum atomic E-state index is -0.327. The van der Waals surface area contributed by atoms with Crippen LogP contribution in [0.5, 0.6) is 0 Å². The number of hydrogen-bond donors (Lipinski definition) is 3. The maximum atomic E-state index is 11.3. The number of para-hydroxylation sites is 1. The van der Waals surface area contributed by atoms with Gasteiger partial charge in [0.1, 0.15) is 0 Å². The summed E-state index contributed by atoms with van der Waals surface area (Å²) in [4.78, 5) is 12.0. The van der Waals surface area contributed by atoms with E-state index in [2.05, 4.69) is 23.3 Å². The number of nitriles is 1. The first kappa shape index (κ1) is 11.4. The zero-order valence-corrected chi connectivity index (χ0v) is 8.92. The quantitative estimate of drug-likeness (QED) is 0.540. The van der Waals surface area contributed by atoms with Gasteiger partial charge in [0, 0.05) is 11.4 Å². The molecule has 1 rings (SSSR count). The number of nitrogens with one attached hydrogen (secondary N) is 2. The second kappa shape index (κ2) is 5.94. The lowest BCUT2D eigenvalue weighted by atomic mass is 10.3. The molecular weight excluding hydrogens is 210 g/mol. The predicted molar refractivity (Wildman–Crippen MR) is 60.9 cm³/mol. The summed E-state index contributed by atoms with van der Waals surface area (Å²) in [5.41, 5.74) is 0.648. The maximum absolute atomic E-state index is 11.3. The van der Waals surface area contributed by atoms with Crippen molar-refractivity contribution < 1.29 is 4.79 Å². The van der Waals surface area contributed by atoms with Crippen molar-refractivity contribution in [1.29, 1.82) is 5.26 Å². The Morgan fingerprint density at radius 2 is 2.20 bits per heavy atom. The number of urea groups is 1. The molecule has 1 aromatic carbocycles. The highest BCUT2D eigenvalue weighted by molar-refractivity contribution is 7.80. The van der Waals surface area contributed by atoms with Gasteiger partial charge in [0.05, 0.1) is 18.2 Å². The van der Waals surface area contributed by atoms with Crippen molar-refractivity contribution in [2.75, 3.05) is 11.9 Å². The van der Waals surface area contributed by atoms with Crippen molar-refractivity contribution in [2.24, 2.45) is 0 Å². The second-order valence-corrected chi connectivity index (χ2v) is 3.29. The van der Waals surface area contributed by atoms with E-state index < -0.39 is 0 Å². The number of nitrogens with zero attached hydrogens (tertiary/aromatic N) is 1. The van der Waals surface area contributed by atoms with E-state index in [0.29, 0.717) is 23.5 Å². The van der Waals surface area contributed by atoms with Crippen molar-refractivity contribution in [2.45, 2.75) is 11.3 Å². The molecule has 1 aromatic rings. The van der Waals surface area contributed by atoms with Gasteiger partial charge in [-0.25, -0.2) is 4.79 Å². The van der Waals surface area contributed by atoms with Gasteiger partial charge in [-0.05, 0) is 12.1 Å². The van der Waals surface area contributed by atoms with Crippen molar-refractivity contribution in [3.05, 3.63) is 24.3 Å². The molecule has 0 spiro atoms. The van der Waals surface area contributed by atoms with Crippen LogP contribution in [-0.2, 0) is 0 Å². The lowest BCUT2D eigenvalue weighted by Crippen LogP contribution is -2.29. The molecule has 2 amide bonds. The Bertz CT molecular complexity index is 386. The fraction of sp³-hybridized carbons (Fsp3) is 0.200. The van der Waals surface area contributed by atoms with Crippen LogP contribution in [0.25, 0.3) is 0 Å². The second-order valence-electron chi connectivity index (χ2n) is 2.81. The fourth-order valence-electron chi connectivity index (χ4n) is 0.978. The van der Waals surface area contributed by atoms with Crippen LogP contribution in [0.2, 0.25) is 0 Å². The van der Waals surface area contributed by atoms with E-state index in [4.69, 9.17) is 5.26 Å². The topological polar surface area (TPSA) is 64.9 Å². The Balaban J connectivity index is 2.45. The van der Waals surface area contributed by atoms with Crippen molar-refractivity contribution in [3.63, 3.8) is 0 Å². The van der Waals surface area contributed by atoms with E-state index >= 15 is 0 Å². The average molecular weight is 221 g/mol. The Kier molecular flexibility index (Phi) is 4.51. The summed E-state index contributed by atoms with van der Waals surface area (Å²) < 4.78 is 0. The minimum absolute atomic E-state index is 0.302. The Morgan fingerprint density at radius 3 is 2.87 bits per heavy atom. The molecule has 0 fully saturated rings. The van der Waals surface area contributed by atoms with Crippen LogP contribution < -0.4 is 10.6 Å². The third-order valence-corrected chi connectivity index (χ3v) is 2.06. The normalized spacial score (nSPS) is 9.07. The summed E-state index contributed by atoms with van der Waals surface area (Å²) in [6, 6.07) is 8.80. The number of carbonyl (C=O) groups is 1. The zero-order valence-electron chi connectivity index (χ0n) is 8.03. The molecule has 5 heteroatoms. The number of benzene rings is 1. The highest BCUT2D eigenvalue weighted by Gasteiger charge is 2.02. The highest BCUT2D eigenvalue weighted by Crippen LogP contribution is 2.17. The van der Waals surface area contributed by atoms with Gasteiger partial charge in [-0.2, -0.15) is 5.26 Å². The van der Waals surface area contributed by atoms with E-state index in [9.17, 15) is 4.79 Å². The first-order chi connectivity index (χ1) is 7.24. The first-order valence-electron chi connectivity index (χ1n) is 4.44. The average Bonchev–Trinajstić information content (AvgIpc) is 2.22. The number of thiol groups is 1. The van der Waals surface area contributed by atoms with Crippen molar-refractivity contribution in [1.82, 2.24) is 5.32 Å². The summed E-state index contributed by atoms with van der Waals surface area (Å²) in [6.45, 7) is 0.344. The van der Waals surface area contributed by atoms with E-state index in [-0.39, 0.29) is 6.03 Å². The Morgan fingerprint density at radius 1 is 1.47 bits per heavy atom. The smallest absolute Gasteiger partial charge is 0.319 e. The molecule has 0 unspecified atom stereocenters. The first-order valence-corrected chi connectivity index (χ1v) is 4.88. The molecule has 0 bridgehead atoms. The molecule has 4 nitrogen and oxygen atoms in total. The Labute approximate surface area is 93.7 Å². The van der Waals surface area contributed by atoms with Gasteiger partial charge < -0.3 is 10.6 Å². The molecule has 0 aliphatic heterocycles. The number of hydrogen-bond acceptors (Lipinski definition) is 3. The molecule has 0 atom stereocenters. The van der Waals surface area contributed by atoms with Gasteiger partial charge in [-0.15, -0.1) is 12.6 Å². The molecule has 0 aliphatic carbocycles. The standard InChI is InChI=1S/C10H11N3OS/c11-6-3-7-12-10(14)13-8-4-1-2-5-9(8)15/h1-2,4-5,15H,3,7H2,(H2,12,13,14). The zero-order chi connectivity index (χ0) is 11.1. The number of rotatable bonds is 3. The van der Waals surface area contributed by atoms with Crippen LogP contribution in [0.4, 0.5) is 10.5 Å². The van der Waals surface area contributed by atoms with Gasteiger partial charge in [-0.1, -0.05) is 12.1 Å². The third kappa shape index (κ3) is 3.92. The molecule has 15 heavy (non-hydrogen) atoms. The summed E-state index contributed by atoms with van der Waals surface area (Å²) in [7, 11) is 0. The summed E-state index contributed by atoms with van der Waals surface area (Å²) in [5, 5.41) is 13.5. The fourth-order valence-corrected chi connectivity index (χ4v) is 1.19. The third-order valence-electron chi connectivity index (χ3n) is 1.67. The van der Waals surface area contributed by atoms with Crippen LogP contribution in [0.3, 0.4) is 0 Å². The monoisotopic (exact) mass is 221 g/mol. The van der Waals surface area contributed by atoms with Crippen LogP contribution in [-0.4, -0.2) is 12.6 Å². The van der Waals surface area contributed by atoms with E-state index in [1.165, 1.54) is 0 Å². The molecule has 0 radical (unpaired) electrons. The van der Waals surface area contributed by atoms with E-state index in [1.807, 2.05) is 18.2 Å². The van der Waals surface area contributed by atoms with E-state index in [1.54, 1.807) is 12.1 Å². The van der Waals surface area contributed by atoms with Gasteiger partial charge in [0.15, 0.2) is 0 Å². The molecule has 0 aliphatic rings. The summed E-state index contributed by atoms with van der Waals surface area (Å²) in [6.07, 6.45) is 0.302. The van der Waals surface area contributed by atoms with Gasteiger partial charge in [0.2, 0.25) is 0 Å². The number of anilines is 1. The van der Waals surface area contributed by atoms with Crippen molar-refractivity contribution in [3.8, 4) is 6.07 Å². The lowest BCUT2D eigenvalue weighted by Gasteiger charge is -2.07. The number of amides is 2. The molecule has 2 N–H and O–H groups in total. The van der Waals surface area contributed by atoms with Crippen LogP contribution in [0.1, 0.15) is 6.42 Å². The predicted octanol–water partition coefficient (Wildman–Crippen LogP) is 2.01. The molecule has 0 aromatic heterocycles. The van der Waals surface area contributed by atoms with Gasteiger partial charge >= 0.3 is 6.03 Å². The van der Waals surface area contributed by atoms with Crippen LogP contribution in [0, 0.1) is 11.3 Å². The summed E-state index contributed by atoms with van der Waals surface area (Å²) >= 11 is 4.19. The highest BCUT2D eigenvalue weighted by atomic mass is 32.1. The molecule has 0 heterocycles. The van der Waals surface area contributed by atoms with E-state index in [0.717, 1.165) is 0 Å². The van der Waals surface area contributed by atoms with Crippen LogP contribution in [0.15, 0.2) is 29.2 Å². The van der Waals surface area contributed by atoms with Gasteiger partial charge in [0.25, 0.3) is 0 Å². The molecule has 0 saturated carbocycles. The maximum Gasteiger partial charge on any atom is 0.319 e. The SMILES string of the molecule is N#CCCNC(=O)Nc1ccccc1S. The van der Waals surface area contributed by atoms with Gasteiger partial charge in [-0.3, -0.25) is 0 Å². The largest absolute Gasteiger partial charge is 0.337 e. The molecular formula is C10H11N3OS. The minimum Gasteiger partial charge on any atom is -0.337 e.